The van der Waals surface area contributed by atoms with Crippen LogP contribution in [-0.4, -0.2) is 64.3 Å². The molecule has 0 saturated carbocycles. The monoisotopic (exact) mass is 489 g/mol. The zero-order chi connectivity index (χ0) is 23.9. The molecule has 1 atom stereocenters. The first-order chi connectivity index (χ1) is 16.3. The van der Waals surface area contributed by atoms with Crippen LogP contribution < -0.4 is 0 Å². The van der Waals surface area contributed by atoms with Gasteiger partial charge in [-0.05, 0) is 56.0 Å². The van der Waals surface area contributed by atoms with Gasteiger partial charge in [-0.3, -0.25) is 9.20 Å². The van der Waals surface area contributed by atoms with Gasteiger partial charge in [0.2, 0.25) is 15.9 Å². The Hall–Kier alpha value is -2.92. The highest BCUT2D eigenvalue weighted by Crippen LogP contribution is 2.30. The van der Waals surface area contributed by atoms with Gasteiger partial charge in [-0.2, -0.15) is 4.31 Å². The molecule has 0 bridgehead atoms. The van der Waals surface area contributed by atoms with E-state index in [1.165, 1.54) is 0 Å². The van der Waals surface area contributed by atoms with Crippen molar-refractivity contribution < 1.29 is 22.0 Å². The van der Waals surface area contributed by atoms with Crippen molar-refractivity contribution in [3.63, 3.8) is 0 Å². The fraction of sp³-hybridized carbons (Fsp3) is 0.435. The van der Waals surface area contributed by atoms with Gasteiger partial charge < -0.3 is 4.90 Å². The Bertz CT molecular complexity index is 1320. The number of nitrogens with zero attached hydrogens (tertiary/aromatic N) is 5. The molecule has 1 amide bonds. The van der Waals surface area contributed by atoms with Gasteiger partial charge in [-0.15, -0.1) is 10.2 Å². The zero-order valence-corrected chi connectivity index (χ0v) is 19.3. The maximum atomic E-state index is 14.1. The number of fused-ring (bicyclic) bond motifs is 1. The lowest BCUT2D eigenvalue weighted by molar-refractivity contribution is -0.138. The molecule has 3 aromatic rings. The van der Waals surface area contributed by atoms with Gasteiger partial charge in [0.25, 0.3) is 0 Å². The third kappa shape index (κ3) is 4.18. The van der Waals surface area contributed by atoms with Crippen molar-refractivity contribution in [1.82, 2.24) is 23.8 Å². The molecule has 180 valence electrons. The van der Waals surface area contributed by atoms with Gasteiger partial charge >= 0.3 is 0 Å². The quantitative estimate of drug-likeness (QED) is 0.563. The molecule has 5 rings (SSSR count). The van der Waals surface area contributed by atoms with Crippen molar-refractivity contribution in [3.8, 4) is 0 Å². The van der Waals surface area contributed by atoms with Crippen LogP contribution in [0, 0.1) is 17.6 Å². The van der Waals surface area contributed by atoms with Crippen LogP contribution in [0.4, 0.5) is 8.78 Å². The van der Waals surface area contributed by atoms with Crippen molar-refractivity contribution in [2.24, 2.45) is 5.92 Å². The standard InChI is InChI=1S/C23H25F2N5O3S/c24-18-6-7-19(25)20(14-18)34(32,33)29-12-8-16(9-13-29)23(31)28-10-3-4-17(15-28)22-27-26-21-5-1-2-11-30(21)22/h1-2,5-7,11,14,16-17H,3-4,8-10,12-13,15H2. The summed E-state index contributed by atoms with van der Waals surface area (Å²) >= 11 is 0. The summed E-state index contributed by atoms with van der Waals surface area (Å²) in [5.74, 6) is -1.19. The Kier molecular flexibility index (Phi) is 6.07. The smallest absolute Gasteiger partial charge is 0.246 e. The van der Waals surface area contributed by atoms with E-state index >= 15 is 0 Å². The highest BCUT2D eigenvalue weighted by atomic mass is 32.2. The molecule has 0 aliphatic carbocycles. The molecule has 2 aliphatic rings. The predicted molar refractivity (Wildman–Crippen MR) is 119 cm³/mol. The molecule has 0 radical (unpaired) electrons. The number of hydrogen-bond acceptors (Lipinski definition) is 5. The second kappa shape index (κ2) is 9.03. The van der Waals surface area contributed by atoms with E-state index in [9.17, 15) is 22.0 Å². The summed E-state index contributed by atoms with van der Waals surface area (Å²) in [5, 5.41) is 8.57. The largest absolute Gasteiger partial charge is 0.342 e. The molecule has 34 heavy (non-hydrogen) atoms. The summed E-state index contributed by atoms with van der Waals surface area (Å²) in [7, 11) is -4.17. The highest BCUT2D eigenvalue weighted by Gasteiger charge is 2.37. The first-order valence-electron chi connectivity index (χ1n) is 11.4. The Morgan fingerprint density at radius 1 is 1.00 bits per heavy atom. The van der Waals surface area contributed by atoms with E-state index < -0.39 is 26.6 Å². The number of piperidine rings is 2. The SMILES string of the molecule is O=C(C1CCN(S(=O)(=O)c2cc(F)ccc2F)CC1)N1CCCC(c2nnc3ccccn23)C1. The molecule has 0 N–H and O–H groups in total. The summed E-state index contributed by atoms with van der Waals surface area (Å²) in [4.78, 5) is 14.4. The number of amides is 1. The van der Waals surface area contributed by atoms with E-state index in [4.69, 9.17) is 0 Å². The fourth-order valence-electron chi connectivity index (χ4n) is 4.94. The maximum Gasteiger partial charge on any atom is 0.246 e. The van der Waals surface area contributed by atoms with Gasteiger partial charge in [-0.1, -0.05) is 6.07 Å². The Morgan fingerprint density at radius 3 is 2.59 bits per heavy atom. The second-order valence-corrected chi connectivity index (χ2v) is 10.8. The van der Waals surface area contributed by atoms with Gasteiger partial charge in [0.15, 0.2) is 5.65 Å². The van der Waals surface area contributed by atoms with Gasteiger partial charge in [0.1, 0.15) is 22.4 Å². The summed E-state index contributed by atoms with van der Waals surface area (Å²) in [5.41, 5.74) is 0.768. The van der Waals surface area contributed by atoms with E-state index in [0.29, 0.717) is 32.0 Å². The molecule has 2 aliphatic heterocycles. The van der Waals surface area contributed by atoms with Crippen molar-refractivity contribution >= 4 is 21.6 Å². The van der Waals surface area contributed by atoms with Crippen LogP contribution in [0.25, 0.3) is 5.65 Å². The normalized spacial score (nSPS) is 20.6. The number of carbonyl (C=O) groups excluding carboxylic acids is 1. The lowest BCUT2D eigenvalue weighted by Gasteiger charge is -2.37. The summed E-state index contributed by atoms with van der Waals surface area (Å²) in [6.07, 6.45) is 4.36. The number of likely N-dealkylation sites (tertiary alicyclic amines) is 1. The summed E-state index contributed by atoms with van der Waals surface area (Å²) < 4.78 is 56.3. The maximum absolute atomic E-state index is 14.1. The van der Waals surface area contributed by atoms with Crippen LogP contribution >= 0.6 is 0 Å². The van der Waals surface area contributed by atoms with Gasteiger partial charge in [0.05, 0.1) is 0 Å². The molecule has 2 saturated heterocycles. The van der Waals surface area contributed by atoms with Crippen LogP contribution in [-0.2, 0) is 14.8 Å². The Morgan fingerprint density at radius 2 is 1.79 bits per heavy atom. The lowest BCUT2D eigenvalue weighted by Crippen LogP contribution is -2.47. The number of pyridine rings is 1. The van der Waals surface area contributed by atoms with Crippen molar-refractivity contribution in [1.29, 1.82) is 0 Å². The molecule has 2 fully saturated rings. The predicted octanol–water partition coefficient (Wildman–Crippen LogP) is 2.81. The van der Waals surface area contributed by atoms with Crippen molar-refractivity contribution in [2.45, 2.75) is 36.5 Å². The minimum Gasteiger partial charge on any atom is -0.342 e. The van der Waals surface area contributed by atoms with Gasteiger partial charge in [-0.25, -0.2) is 17.2 Å². The Balaban J connectivity index is 1.24. The molecule has 11 heteroatoms. The van der Waals surface area contributed by atoms with Crippen LogP contribution in [0.2, 0.25) is 0 Å². The first-order valence-corrected chi connectivity index (χ1v) is 12.8. The van der Waals surface area contributed by atoms with Crippen LogP contribution in [0.5, 0.6) is 0 Å². The van der Waals surface area contributed by atoms with Gasteiger partial charge in [0, 0.05) is 44.2 Å². The molecule has 4 heterocycles. The molecule has 2 aromatic heterocycles. The molecule has 0 spiro atoms. The average Bonchev–Trinajstić information content (AvgIpc) is 3.29. The topological polar surface area (TPSA) is 87.9 Å². The van der Waals surface area contributed by atoms with E-state index in [1.54, 1.807) is 0 Å². The molecule has 1 aromatic carbocycles. The third-order valence-electron chi connectivity index (χ3n) is 6.75. The number of carbonyl (C=O) groups is 1. The number of rotatable bonds is 4. The van der Waals surface area contributed by atoms with Crippen LogP contribution in [0.1, 0.15) is 37.4 Å². The van der Waals surface area contributed by atoms with Crippen LogP contribution in [0.3, 0.4) is 0 Å². The summed E-state index contributed by atoms with van der Waals surface area (Å²) in [6.45, 7) is 1.36. The van der Waals surface area contributed by atoms with E-state index in [2.05, 4.69) is 10.2 Å². The number of halogens is 2. The molecule has 8 nitrogen and oxygen atoms in total. The lowest BCUT2D eigenvalue weighted by atomic mass is 9.92. The minimum atomic E-state index is -4.17. The zero-order valence-electron chi connectivity index (χ0n) is 18.5. The molecular weight excluding hydrogens is 464 g/mol. The second-order valence-electron chi connectivity index (χ2n) is 8.86. The third-order valence-corrected chi connectivity index (χ3v) is 8.67. The highest BCUT2D eigenvalue weighted by molar-refractivity contribution is 7.89. The van der Waals surface area contributed by atoms with E-state index in [-0.39, 0.29) is 30.8 Å². The number of benzene rings is 1. The molecule has 1 unspecified atom stereocenters. The minimum absolute atomic E-state index is 0.00695. The average molecular weight is 490 g/mol. The number of aromatic nitrogens is 3. The number of hydrogen-bond donors (Lipinski definition) is 0. The fourth-order valence-corrected chi connectivity index (χ4v) is 6.49. The van der Waals surface area contributed by atoms with E-state index in [0.717, 1.165) is 40.8 Å². The summed E-state index contributed by atoms with van der Waals surface area (Å²) in [6, 6.07) is 8.10. The van der Waals surface area contributed by atoms with E-state index in [1.807, 2.05) is 33.7 Å². The van der Waals surface area contributed by atoms with Crippen LogP contribution in [0.15, 0.2) is 47.5 Å². The number of sulfonamides is 1. The van der Waals surface area contributed by atoms with Crippen molar-refractivity contribution in [2.75, 3.05) is 26.2 Å². The first kappa shape index (κ1) is 22.9. The molecular formula is C23H25F2N5O3S. The van der Waals surface area contributed by atoms with Crippen molar-refractivity contribution in [3.05, 3.63) is 60.1 Å². The Labute approximate surface area is 196 Å².